The summed E-state index contributed by atoms with van der Waals surface area (Å²) in [6.45, 7) is 6.55. The van der Waals surface area contributed by atoms with Gasteiger partial charge in [-0.15, -0.1) is 0 Å². The molecule has 1 aromatic carbocycles. The van der Waals surface area contributed by atoms with Crippen molar-refractivity contribution < 1.29 is 0 Å². The van der Waals surface area contributed by atoms with E-state index < -0.39 is 0 Å². The second kappa shape index (κ2) is 5.78. The van der Waals surface area contributed by atoms with Crippen LogP contribution in [0.5, 0.6) is 0 Å². The fraction of sp³-hybridized carbons (Fsp3) is 0.611. The Kier molecular flexibility index (Phi) is 4.30. The highest BCUT2D eigenvalue weighted by atomic mass is 14.4. The third kappa shape index (κ3) is 3.38. The van der Waals surface area contributed by atoms with Gasteiger partial charge in [-0.05, 0) is 44.6 Å². The highest BCUT2D eigenvalue weighted by Gasteiger charge is 2.36. The fourth-order valence-electron chi connectivity index (χ4n) is 3.70. The number of hydrogen-bond donors (Lipinski definition) is 0. The minimum atomic E-state index is -0.112. The van der Waals surface area contributed by atoms with Gasteiger partial charge in [0.2, 0.25) is 0 Å². The van der Waals surface area contributed by atoms with Gasteiger partial charge in [0.15, 0.2) is 0 Å². The van der Waals surface area contributed by atoms with Gasteiger partial charge in [-0.1, -0.05) is 55.5 Å². The molecule has 2 rings (SSSR count). The molecule has 1 aromatic rings. The summed E-state index contributed by atoms with van der Waals surface area (Å²) >= 11 is 0. The van der Waals surface area contributed by atoms with Crippen molar-refractivity contribution in [3.05, 3.63) is 34.9 Å². The Balaban J connectivity index is 2.20. The van der Waals surface area contributed by atoms with Crippen molar-refractivity contribution in [2.75, 3.05) is 0 Å². The van der Waals surface area contributed by atoms with E-state index in [0.29, 0.717) is 0 Å². The van der Waals surface area contributed by atoms with Gasteiger partial charge in [0.1, 0.15) is 0 Å². The van der Waals surface area contributed by atoms with Crippen molar-refractivity contribution in [1.82, 2.24) is 0 Å². The van der Waals surface area contributed by atoms with Gasteiger partial charge in [-0.25, -0.2) is 0 Å². The standard InChI is InChI=1S/C18H25N/c1-4-16-6-5-7-18(11-16,13-19)12-17-9-14(2)8-15(3)10-17/h8-10,16H,4-7,11-12H2,1-3H3. The highest BCUT2D eigenvalue weighted by molar-refractivity contribution is 5.30. The van der Waals surface area contributed by atoms with Crippen LogP contribution in [0.4, 0.5) is 0 Å². The van der Waals surface area contributed by atoms with Gasteiger partial charge >= 0.3 is 0 Å². The number of rotatable bonds is 3. The van der Waals surface area contributed by atoms with Gasteiger partial charge in [0, 0.05) is 0 Å². The Morgan fingerprint density at radius 1 is 1.26 bits per heavy atom. The lowest BCUT2D eigenvalue weighted by Crippen LogP contribution is -2.29. The molecule has 0 saturated heterocycles. The predicted molar refractivity (Wildman–Crippen MR) is 79.9 cm³/mol. The maximum Gasteiger partial charge on any atom is 0.0693 e. The van der Waals surface area contributed by atoms with Crippen LogP contribution in [0.15, 0.2) is 18.2 Å². The molecule has 0 N–H and O–H groups in total. The first kappa shape index (κ1) is 14.1. The average molecular weight is 255 g/mol. The number of benzene rings is 1. The molecule has 19 heavy (non-hydrogen) atoms. The van der Waals surface area contributed by atoms with E-state index in [-0.39, 0.29) is 5.41 Å². The first-order chi connectivity index (χ1) is 9.07. The van der Waals surface area contributed by atoms with Crippen molar-refractivity contribution in [3.8, 4) is 6.07 Å². The molecule has 1 saturated carbocycles. The minimum Gasteiger partial charge on any atom is -0.198 e. The van der Waals surface area contributed by atoms with Crippen LogP contribution in [-0.4, -0.2) is 0 Å². The van der Waals surface area contributed by atoms with Crippen LogP contribution in [-0.2, 0) is 6.42 Å². The van der Waals surface area contributed by atoms with Crippen LogP contribution in [0.3, 0.4) is 0 Å². The second-order valence-electron chi connectivity index (χ2n) is 6.44. The molecule has 1 nitrogen and oxygen atoms in total. The zero-order chi connectivity index (χ0) is 13.9. The summed E-state index contributed by atoms with van der Waals surface area (Å²) in [7, 11) is 0. The Morgan fingerprint density at radius 3 is 2.53 bits per heavy atom. The molecule has 0 aromatic heterocycles. The lowest BCUT2D eigenvalue weighted by atomic mass is 9.67. The molecule has 0 amide bonds. The smallest absolute Gasteiger partial charge is 0.0693 e. The summed E-state index contributed by atoms with van der Waals surface area (Å²) in [6, 6.07) is 9.38. The monoisotopic (exact) mass is 255 g/mol. The molecule has 0 radical (unpaired) electrons. The summed E-state index contributed by atoms with van der Waals surface area (Å²) in [6.07, 6.45) is 6.85. The van der Waals surface area contributed by atoms with E-state index in [1.165, 1.54) is 36.0 Å². The maximum atomic E-state index is 9.70. The van der Waals surface area contributed by atoms with Crippen LogP contribution in [0, 0.1) is 36.5 Å². The average Bonchev–Trinajstić information content (AvgIpc) is 2.37. The Bertz CT molecular complexity index is 463. The summed E-state index contributed by atoms with van der Waals surface area (Å²) < 4.78 is 0. The third-order valence-corrected chi connectivity index (χ3v) is 4.59. The van der Waals surface area contributed by atoms with Crippen molar-refractivity contribution in [2.24, 2.45) is 11.3 Å². The van der Waals surface area contributed by atoms with Crippen molar-refractivity contribution in [3.63, 3.8) is 0 Å². The zero-order valence-electron chi connectivity index (χ0n) is 12.5. The number of nitriles is 1. The normalized spacial score (nSPS) is 26.9. The summed E-state index contributed by atoms with van der Waals surface area (Å²) in [5.41, 5.74) is 3.85. The van der Waals surface area contributed by atoms with Gasteiger partial charge < -0.3 is 0 Å². The molecule has 2 unspecified atom stereocenters. The van der Waals surface area contributed by atoms with Crippen LogP contribution < -0.4 is 0 Å². The molecule has 1 aliphatic rings. The summed E-state index contributed by atoms with van der Waals surface area (Å²) in [4.78, 5) is 0. The minimum absolute atomic E-state index is 0.112. The molecule has 102 valence electrons. The molecule has 2 atom stereocenters. The van der Waals surface area contributed by atoms with Crippen LogP contribution in [0.25, 0.3) is 0 Å². The lowest BCUT2D eigenvalue weighted by Gasteiger charge is -2.35. The molecule has 0 bridgehead atoms. The topological polar surface area (TPSA) is 23.8 Å². The number of nitrogens with zero attached hydrogens (tertiary/aromatic N) is 1. The molecule has 0 spiro atoms. The maximum absolute atomic E-state index is 9.70. The molecule has 1 heteroatoms. The Labute approximate surface area is 117 Å². The quantitative estimate of drug-likeness (QED) is 0.749. The van der Waals surface area contributed by atoms with Gasteiger partial charge in [-0.2, -0.15) is 5.26 Å². The molecular formula is C18H25N. The Hall–Kier alpha value is -1.29. The largest absolute Gasteiger partial charge is 0.198 e. The van der Waals surface area contributed by atoms with E-state index in [4.69, 9.17) is 0 Å². The van der Waals surface area contributed by atoms with Crippen molar-refractivity contribution in [1.29, 1.82) is 5.26 Å². The molecule has 0 aliphatic heterocycles. The summed E-state index contributed by atoms with van der Waals surface area (Å²) in [5.74, 6) is 0.749. The number of hydrogen-bond acceptors (Lipinski definition) is 1. The Morgan fingerprint density at radius 2 is 1.95 bits per heavy atom. The van der Waals surface area contributed by atoms with E-state index in [1.807, 2.05) is 0 Å². The molecule has 1 fully saturated rings. The van der Waals surface area contributed by atoms with Gasteiger partial charge in [0.05, 0.1) is 11.5 Å². The van der Waals surface area contributed by atoms with Crippen LogP contribution in [0.1, 0.15) is 55.7 Å². The van der Waals surface area contributed by atoms with E-state index >= 15 is 0 Å². The lowest BCUT2D eigenvalue weighted by molar-refractivity contribution is 0.194. The second-order valence-corrected chi connectivity index (χ2v) is 6.44. The molecule has 1 aliphatic carbocycles. The predicted octanol–water partition coefficient (Wildman–Crippen LogP) is 4.96. The van der Waals surface area contributed by atoms with Crippen LogP contribution in [0.2, 0.25) is 0 Å². The fourth-order valence-corrected chi connectivity index (χ4v) is 3.70. The first-order valence-corrected chi connectivity index (χ1v) is 7.55. The van der Waals surface area contributed by atoms with Gasteiger partial charge in [-0.3, -0.25) is 0 Å². The SMILES string of the molecule is CCC1CCCC(C#N)(Cc2cc(C)cc(C)c2)C1. The molecule has 0 heterocycles. The van der Waals surface area contributed by atoms with E-state index in [0.717, 1.165) is 25.2 Å². The van der Waals surface area contributed by atoms with E-state index in [9.17, 15) is 5.26 Å². The van der Waals surface area contributed by atoms with Gasteiger partial charge in [0.25, 0.3) is 0 Å². The first-order valence-electron chi connectivity index (χ1n) is 7.55. The van der Waals surface area contributed by atoms with Crippen LogP contribution >= 0.6 is 0 Å². The van der Waals surface area contributed by atoms with Crippen molar-refractivity contribution >= 4 is 0 Å². The van der Waals surface area contributed by atoms with E-state index in [2.05, 4.69) is 45.0 Å². The van der Waals surface area contributed by atoms with E-state index in [1.54, 1.807) is 0 Å². The molecular weight excluding hydrogens is 230 g/mol. The zero-order valence-corrected chi connectivity index (χ0v) is 12.5. The van der Waals surface area contributed by atoms with Crippen molar-refractivity contribution in [2.45, 2.75) is 59.3 Å². The third-order valence-electron chi connectivity index (χ3n) is 4.59. The summed E-state index contributed by atoms with van der Waals surface area (Å²) in [5, 5.41) is 9.70. The number of aryl methyl sites for hydroxylation is 2. The highest BCUT2D eigenvalue weighted by Crippen LogP contribution is 2.42.